The normalized spacial score (nSPS) is 15.8. The summed E-state index contributed by atoms with van der Waals surface area (Å²) in [6.45, 7) is 3.58. The SMILES string of the molecule is Cc1nc(C2(NC(=O)Cc3nc(-c4ccccc4)oc3C)CCCC2)no1. The summed E-state index contributed by atoms with van der Waals surface area (Å²) in [7, 11) is 0. The monoisotopic (exact) mass is 366 g/mol. The zero-order chi connectivity index (χ0) is 18.9. The fourth-order valence-electron chi connectivity index (χ4n) is 3.64. The minimum atomic E-state index is -0.547. The molecule has 1 amide bonds. The summed E-state index contributed by atoms with van der Waals surface area (Å²) < 4.78 is 10.9. The van der Waals surface area contributed by atoms with E-state index in [1.807, 2.05) is 37.3 Å². The van der Waals surface area contributed by atoms with Crippen LogP contribution in [-0.2, 0) is 16.8 Å². The number of oxazole rings is 1. The van der Waals surface area contributed by atoms with E-state index in [0.717, 1.165) is 31.2 Å². The molecule has 3 aromatic rings. The minimum absolute atomic E-state index is 0.115. The summed E-state index contributed by atoms with van der Waals surface area (Å²) >= 11 is 0. The molecule has 27 heavy (non-hydrogen) atoms. The maximum atomic E-state index is 12.8. The smallest absolute Gasteiger partial charge is 0.226 e. The maximum absolute atomic E-state index is 12.8. The number of aryl methyl sites for hydroxylation is 2. The summed E-state index contributed by atoms with van der Waals surface area (Å²) in [4.78, 5) is 21.6. The van der Waals surface area contributed by atoms with E-state index in [2.05, 4.69) is 20.4 Å². The van der Waals surface area contributed by atoms with E-state index < -0.39 is 5.54 Å². The average molecular weight is 366 g/mol. The Hall–Kier alpha value is -2.96. The molecule has 1 aromatic carbocycles. The number of carbonyl (C=O) groups is 1. The highest BCUT2D eigenvalue weighted by Crippen LogP contribution is 2.37. The Balaban J connectivity index is 1.51. The second kappa shape index (κ2) is 6.98. The van der Waals surface area contributed by atoms with Crippen LogP contribution in [0, 0.1) is 13.8 Å². The summed E-state index contributed by atoms with van der Waals surface area (Å²) in [5, 5.41) is 7.20. The fraction of sp³-hybridized carbons (Fsp3) is 0.400. The highest BCUT2D eigenvalue weighted by Gasteiger charge is 2.41. The van der Waals surface area contributed by atoms with Crippen LogP contribution in [0.15, 0.2) is 39.3 Å². The molecule has 7 nitrogen and oxygen atoms in total. The third-order valence-corrected chi connectivity index (χ3v) is 5.03. The number of benzene rings is 1. The summed E-state index contributed by atoms with van der Waals surface area (Å²) in [6, 6.07) is 9.66. The molecule has 0 atom stereocenters. The van der Waals surface area contributed by atoms with Crippen molar-refractivity contribution >= 4 is 5.91 Å². The van der Waals surface area contributed by atoms with Gasteiger partial charge in [0.1, 0.15) is 11.3 Å². The van der Waals surface area contributed by atoms with E-state index in [1.165, 1.54) is 0 Å². The quantitative estimate of drug-likeness (QED) is 0.743. The van der Waals surface area contributed by atoms with Gasteiger partial charge in [-0.15, -0.1) is 0 Å². The van der Waals surface area contributed by atoms with Crippen LogP contribution in [0.25, 0.3) is 11.5 Å². The molecule has 0 radical (unpaired) electrons. The van der Waals surface area contributed by atoms with Crippen LogP contribution < -0.4 is 5.32 Å². The van der Waals surface area contributed by atoms with Gasteiger partial charge in [0.15, 0.2) is 5.82 Å². The van der Waals surface area contributed by atoms with Gasteiger partial charge in [0.25, 0.3) is 0 Å². The summed E-state index contributed by atoms with van der Waals surface area (Å²) in [5.41, 5.74) is 0.986. The molecule has 1 saturated carbocycles. The second-order valence-electron chi connectivity index (χ2n) is 7.04. The lowest BCUT2D eigenvalue weighted by Crippen LogP contribution is -2.45. The Morgan fingerprint density at radius 3 is 2.56 bits per heavy atom. The number of amides is 1. The number of nitrogens with one attached hydrogen (secondary N) is 1. The van der Waals surface area contributed by atoms with Crippen molar-refractivity contribution in [3.63, 3.8) is 0 Å². The van der Waals surface area contributed by atoms with Gasteiger partial charge in [0.2, 0.25) is 17.7 Å². The fourth-order valence-corrected chi connectivity index (χ4v) is 3.64. The lowest BCUT2D eigenvalue weighted by atomic mass is 9.96. The molecule has 0 spiro atoms. The third-order valence-electron chi connectivity index (χ3n) is 5.03. The Morgan fingerprint density at radius 2 is 1.89 bits per heavy atom. The molecule has 7 heteroatoms. The lowest BCUT2D eigenvalue weighted by molar-refractivity contribution is -0.122. The van der Waals surface area contributed by atoms with Gasteiger partial charge in [-0.2, -0.15) is 4.98 Å². The van der Waals surface area contributed by atoms with Crippen molar-refractivity contribution in [1.82, 2.24) is 20.4 Å². The van der Waals surface area contributed by atoms with Crippen LogP contribution in [-0.4, -0.2) is 21.0 Å². The van der Waals surface area contributed by atoms with Gasteiger partial charge in [0, 0.05) is 12.5 Å². The maximum Gasteiger partial charge on any atom is 0.226 e. The standard InChI is InChI=1S/C20H22N4O3/c1-13-16(22-18(26-13)15-8-4-3-5-9-15)12-17(25)23-20(10-6-7-11-20)19-21-14(2)27-24-19/h3-5,8-9H,6-7,10-12H2,1-2H3,(H,23,25). The van der Waals surface area contributed by atoms with Crippen LogP contribution >= 0.6 is 0 Å². The molecule has 1 aliphatic rings. The lowest BCUT2D eigenvalue weighted by Gasteiger charge is -2.26. The van der Waals surface area contributed by atoms with E-state index in [0.29, 0.717) is 29.1 Å². The van der Waals surface area contributed by atoms with E-state index >= 15 is 0 Å². The van der Waals surface area contributed by atoms with Gasteiger partial charge in [-0.1, -0.05) is 36.2 Å². The van der Waals surface area contributed by atoms with Crippen molar-refractivity contribution in [3.05, 3.63) is 53.5 Å². The van der Waals surface area contributed by atoms with E-state index in [9.17, 15) is 4.79 Å². The number of hydrogen-bond donors (Lipinski definition) is 1. The van der Waals surface area contributed by atoms with Gasteiger partial charge in [-0.25, -0.2) is 4.98 Å². The molecule has 2 aromatic heterocycles. The largest absolute Gasteiger partial charge is 0.441 e. The predicted octanol–water partition coefficient (Wildman–Crippen LogP) is 3.47. The Bertz CT molecular complexity index is 939. The molecular formula is C20H22N4O3. The van der Waals surface area contributed by atoms with Crippen molar-refractivity contribution in [2.45, 2.75) is 51.5 Å². The van der Waals surface area contributed by atoms with Crippen molar-refractivity contribution < 1.29 is 13.7 Å². The zero-order valence-electron chi connectivity index (χ0n) is 15.5. The number of aromatic nitrogens is 3. The van der Waals surface area contributed by atoms with Crippen molar-refractivity contribution in [1.29, 1.82) is 0 Å². The van der Waals surface area contributed by atoms with Crippen LogP contribution in [0.3, 0.4) is 0 Å². The molecule has 0 aliphatic heterocycles. The minimum Gasteiger partial charge on any atom is -0.441 e. The molecule has 1 fully saturated rings. The number of nitrogens with zero attached hydrogens (tertiary/aromatic N) is 3. The van der Waals surface area contributed by atoms with Crippen LogP contribution in [0.1, 0.15) is 48.9 Å². The van der Waals surface area contributed by atoms with Crippen LogP contribution in [0.4, 0.5) is 0 Å². The molecule has 1 aliphatic carbocycles. The van der Waals surface area contributed by atoms with Crippen LogP contribution in [0.5, 0.6) is 0 Å². The molecule has 0 unspecified atom stereocenters. The Labute approximate surface area is 157 Å². The van der Waals surface area contributed by atoms with Gasteiger partial charge in [0.05, 0.1) is 12.1 Å². The number of rotatable bonds is 5. The van der Waals surface area contributed by atoms with Crippen molar-refractivity contribution in [3.8, 4) is 11.5 Å². The molecule has 0 saturated heterocycles. The van der Waals surface area contributed by atoms with Gasteiger partial charge < -0.3 is 14.3 Å². The molecular weight excluding hydrogens is 344 g/mol. The second-order valence-corrected chi connectivity index (χ2v) is 7.04. The van der Waals surface area contributed by atoms with Gasteiger partial charge in [-0.3, -0.25) is 4.79 Å². The molecule has 1 N–H and O–H groups in total. The summed E-state index contributed by atoms with van der Waals surface area (Å²) in [6.07, 6.45) is 3.82. The molecule has 2 heterocycles. The Kier molecular flexibility index (Phi) is 4.51. The van der Waals surface area contributed by atoms with E-state index in [1.54, 1.807) is 6.92 Å². The molecule has 4 rings (SSSR count). The number of hydrogen-bond acceptors (Lipinski definition) is 6. The van der Waals surface area contributed by atoms with Crippen molar-refractivity contribution in [2.24, 2.45) is 0 Å². The van der Waals surface area contributed by atoms with E-state index in [-0.39, 0.29) is 12.3 Å². The van der Waals surface area contributed by atoms with Crippen LogP contribution in [0.2, 0.25) is 0 Å². The molecule has 140 valence electrons. The number of carbonyl (C=O) groups excluding carboxylic acids is 1. The summed E-state index contributed by atoms with van der Waals surface area (Å²) in [5.74, 6) is 2.13. The highest BCUT2D eigenvalue weighted by molar-refractivity contribution is 5.79. The Morgan fingerprint density at radius 1 is 1.15 bits per heavy atom. The topological polar surface area (TPSA) is 94.1 Å². The molecule has 0 bridgehead atoms. The average Bonchev–Trinajstić information content (AvgIpc) is 3.38. The third kappa shape index (κ3) is 3.49. The first-order valence-corrected chi connectivity index (χ1v) is 9.19. The first-order valence-electron chi connectivity index (χ1n) is 9.19. The predicted molar refractivity (Wildman–Crippen MR) is 97.7 cm³/mol. The zero-order valence-corrected chi connectivity index (χ0v) is 15.5. The van der Waals surface area contributed by atoms with Gasteiger partial charge in [-0.05, 0) is 31.9 Å². The van der Waals surface area contributed by atoms with Gasteiger partial charge >= 0.3 is 0 Å². The first kappa shape index (κ1) is 17.5. The van der Waals surface area contributed by atoms with E-state index in [4.69, 9.17) is 8.94 Å². The van der Waals surface area contributed by atoms with Crippen molar-refractivity contribution in [2.75, 3.05) is 0 Å². The first-order chi connectivity index (χ1) is 13.1. The highest BCUT2D eigenvalue weighted by atomic mass is 16.5.